The van der Waals surface area contributed by atoms with Crippen LogP contribution < -0.4 is 11.1 Å². The lowest BCUT2D eigenvalue weighted by Crippen LogP contribution is -2.19. The molecule has 0 saturated heterocycles. The van der Waals surface area contributed by atoms with Crippen molar-refractivity contribution in [3.63, 3.8) is 0 Å². The molecular weight excluding hydrogens is 324 g/mol. The molecule has 4 nitrogen and oxygen atoms in total. The lowest BCUT2D eigenvalue weighted by atomic mass is 10.00. The van der Waals surface area contributed by atoms with Gasteiger partial charge in [0.2, 0.25) is 5.91 Å². The van der Waals surface area contributed by atoms with E-state index >= 15 is 0 Å². The standard InChI is InChI=1S/C19H23ClN2O2/c1-13-10-15(4-6-17(13)21)16-5-7-18(14(2)11-16)22-19(23)12-24-9-3-8-20/h4-7,10-11H,3,8-9,12,21H2,1-2H3,(H,22,23). The number of anilines is 2. The van der Waals surface area contributed by atoms with Gasteiger partial charge in [0.25, 0.3) is 0 Å². The maximum atomic E-state index is 11.9. The molecule has 0 aliphatic carbocycles. The zero-order chi connectivity index (χ0) is 17.5. The van der Waals surface area contributed by atoms with Gasteiger partial charge in [-0.15, -0.1) is 11.6 Å². The summed E-state index contributed by atoms with van der Waals surface area (Å²) in [6, 6.07) is 11.9. The Bertz CT molecular complexity index is 717. The maximum Gasteiger partial charge on any atom is 0.250 e. The molecule has 128 valence electrons. The molecule has 2 rings (SSSR count). The van der Waals surface area contributed by atoms with E-state index in [2.05, 4.69) is 17.4 Å². The van der Waals surface area contributed by atoms with E-state index in [9.17, 15) is 4.79 Å². The van der Waals surface area contributed by atoms with Crippen LogP contribution in [-0.2, 0) is 9.53 Å². The maximum absolute atomic E-state index is 11.9. The van der Waals surface area contributed by atoms with Crippen LogP contribution in [0.4, 0.5) is 11.4 Å². The summed E-state index contributed by atoms with van der Waals surface area (Å²) in [6.45, 7) is 4.49. The van der Waals surface area contributed by atoms with Crippen LogP contribution in [0.3, 0.4) is 0 Å². The number of halogens is 1. The molecule has 0 aliphatic rings. The molecule has 0 fully saturated rings. The number of nitrogens with one attached hydrogen (secondary N) is 1. The smallest absolute Gasteiger partial charge is 0.250 e. The normalized spacial score (nSPS) is 10.6. The number of benzene rings is 2. The summed E-state index contributed by atoms with van der Waals surface area (Å²) in [4.78, 5) is 11.9. The first-order valence-electron chi connectivity index (χ1n) is 7.92. The molecule has 0 heterocycles. The first-order chi connectivity index (χ1) is 11.5. The van der Waals surface area contributed by atoms with Crippen LogP contribution in [0.15, 0.2) is 36.4 Å². The number of carbonyl (C=O) groups is 1. The van der Waals surface area contributed by atoms with Gasteiger partial charge in [-0.3, -0.25) is 4.79 Å². The number of nitrogen functional groups attached to an aromatic ring is 1. The van der Waals surface area contributed by atoms with Crippen LogP contribution in [0.2, 0.25) is 0 Å². The average Bonchev–Trinajstić information content (AvgIpc) is 2.56. The highest BCUT2D eigenvalue weighted by Crippen LogP contribution is 2.27. The summed E-state index contributed by atoms with van der Waals surface area (Å²) in [5.41, 5.74) is 11.7. The van der Waals surface area contributed by atoms with Gasteiger partial charge in [-0.1, -0.05) is 12.1 Å². The van der Waals surface area contributed by atoms with Crippen molar-refractivity contribution in [2.75, 3.05) is 30.1 Å². The number of amides is 1. The van der Waals surface area contributed by atoms with Gasteiger partial charge in [0.15, 0.2) is 0 Å². The van der Waals surface area contributed by atoms with E-state index < -0.39 is 0 Å². The quantitative estimate of drug-likeness (QED) is 0.450. The molecule has 2 aromatic rings. The topological polar surface area (TPSA) is 64.3 Å². The fourth-order valence-electron chi connectivity index (χ4n) is 2.35. The molecule has 0 aromatic heterocycles. The summed E-state index contributed by atoms with van der Waals surface area (Å²) in [5, 5.41) is 2.87. The molecule has 5 heteroatoms. The molecule has 0 bridgehead atoms. The van der Waals surface area contributed by atoms with Crippen LogP contribution in [0.25, 0.3) is 11.1 Å². The molecule has 2 aromatic carbocycles. The van der Waals surface area contributed by atoms with Gasteiger partial charge in [-0.05, 0) is 66.8 Å². The molecule has 3 N–H and O–H groups in total. The fourth-order valence-corrected chi connectivity index (χ4v) is 2.46. The van der Waals surface area contributed by atoms with E-state index in [1.54, 1.807) is 0 Å². The Morgan fingerprint density at radius 3 is 2.42 bits per heavy atom. The monoisotopic (exact) mass is 346 g/mol. The number of ether oxygens (including phenoxy) is 1. The third-order valence-electron chi connectivity index (χ3n) is 3.76. The first-order valence-corrected chi connectivity index (χ1v) is 8.45. The van der Waals surface area contributed by atoms with Gasteiger partial charge in [-0.25, -0.2) is 0 Å². The van der Waals surface area contributed by atoms with Crippen molar-refractivity contribution in [2.24, 2.45) is 0 Å². The second-order valence-corrected chi connectivity index (χ2v) is 6.12. The summed E-state index contributed by atoms with van der Waals surface area (Å²) >= 11 is 5.56. The van der Waals surface area contributed by atoms with E-state index in [1.165, 1.54) is 0 Å². The van der Waals surface area contributed by atoms with Gasteiger partial charge in [0.05, 0.1) is 0 Å². The molecule has 24 heavy (non-hydrogen) atoms. The molecule has 0 spiro atoms. The van der Waals surface area contributed by atoms with Gasteiger partial charge in [0.1, 0.15) is 6.61 Å². The van der Waals surface area contributed by atoms with Crippen LogP contribution in [0.1, 0.15) is 17.5 Å². The van der Waals surface area contributed by atoms with Crippen molar-refractivity contribution in [3.8, 4) is 11.1 Å². The second kappa shape index (κ2) is 8.71. The highest BCUT2D eigenvalue weighted by molar-refractivity contribution is 6.17. The number of hydrogen-bond donors (Lipinski definition) is 2. The summed E-state index contributed by atoms with van der Waals surface area (Å²) in [6.07, 6.45) is 0.740. The number of alkyl halides is 1. The van der Waals surface area contributed by atoms with Crippen LogP contribution in [0, 0.1) is 13.8 Å². The van der Waals surface area contributed by atoms with Gasteiger partial charge in [-0.2, -0.15) is 0 Å². The number of nitrogens with two attached hydrogens (primary N) is 1. The lowest BCUT2D eigenvalue weighted by molar-refractivity contribution is -0.120. The summed E-state index contributed by atoms with van der Waals surface area (Å²) < 4.78 is 5.26. The number of rotatable bonds is 7. The zero-order valence-electron chi connectivity index (χ0n) is 14.1. The summed E-state index contributed by atoms with van der Waals surface area (Å²) in [7, 11) is 0. The second-order valence-electron chi connectivity index (χ2n) is 5.74. The summed E-state index contributed by atoms with van der Waals surface area (Å²) in [5.74, 6) is 0.371. The molecule has 0 saturated carbocycles. The highest BCUT2D eigenvalue weighted by atomic mass is 35.5. The lowest BCUT2D eigenvalue weighted by Gasteiger charge is -2.11. The van der Waals surface area contributed by atoms with E-state index in [0.29, 0.717) is 12.5 Å². The fraction of sp³-hybridized carbons (Fsp3) is 0.316. The van der Waals surface area contributed by atoms with Crippen molar-refractivity contribution >= 4 is 28.9 Å². The molecular formula is C19H23ClN2O2. The van der Waals surface area contributed by atoms with E-state index in [-0.39, 0.29) is 12.5 Å². The number of aryl methyl sites for hydroxylation is 2. The van der Waals surface area contributed by atoms with E-state index in [0.717, 1.165) is 40.0 Å². The van der Waals surface area contributed by atoms with Crippen molar-refractivity contribution in [1.29, 1.82) is 0 Å². The van der Waals surface area contributed by atoms with Crippen LogP contribution in [0.5, 0.6) is 0 Å². The third-order valence-corrected chi connectivity index (χ3v) is 4.03. The van der Waals surface area contributed by atoms with E-state index in [4.69, 9.17) is 22.1 Å². The number of hydrogen-bond acceptors (Lipinski definition) is 3. The minimum absolute atomic E-state index is 0.0369. The zero-order valence-corrected chi connectivity index (χ0v) is 14.8. The van der Waals surface area contributed by atoms with Gasteiger partial charge >= 0.3 is 0 Å². The predicted molar refractivity (Wildman–Crippen MR) is 101 cm³/mol. The van der Waals surface area contributed by atoms with Crippen molar-refractivity contribution in [1.82, 2.24) is 0 Å². The molecule has 0 aliphatic heterocycles. The molecule has 0 unspecified atom stereocenters. The van der Waals surface area contributed by atoms with Crippen LogP contribution >= 0.6 is 11.6 Å². The average molecular weight is 347 g/mol. The Balaban J connectivity index is 2.04. The highest BCUT2D eigenvalue weighted by Gasteiger charge is 2.07. The molecule has 0 radical (unpaired) electrons. The van der Waals surface area contributed by atoms with Crippen molar-refractivity contribution in [2.45, 2.75) is 20.3 Å². The minimum Gasteiger partial charge on any atom is -0.399 e. The van der Waals surface area contributed by atoms with Crippen molar-refractivity contribution < 1.29 is 9.53 Å². The van der Waals surface area contributed by atoms with Gasteiger partial charge < -0.3 is 15.8 Å². The Hall–Kier alpha value is -2.04. The first kappa shape index (κ1) is 18.3. The Kier molecular flexibility index (Phi) is 6.64. The Morgan fingerprint density at radius 2 is 1.79 bits per heavy atom. The molecule has 1 amide bonds. The van der Waals surface area contributed by atoms with Crippen molar-refractivity contribution in [3.05, 3.63) is 47.5 Å². The predicted octanol–water partition coefficient (Wildman–Crippen LogP) is 4.14. The Labute approximate surface area is 148 Å². The Morgan fingerprint density at radius 1 is 1.12 bits per heavy atom. The van der Waals surface area contributed by atoms with Crippen LogP contribution in [-0.4, -0.2) is 25.0 Å². The number of carbonyl (C=O) groups excluding carboxylic acids is 1. The van der Waals surface area contributed by atoms with Gasteiger partial charge in [0, 0.05) is 23.9 Å². The van der Waals surface area contributed by atoms with E-state index in [1.807, 2.05) is 38.1 Å². The minimum atomic E-state index is -0.163. The molecule has 0 atom stereocenters. The third kappa shape index (κ3) is 4.98. The largest absolute Gasteiger partial charge is 0.399 e. The SMILES string of the molecule is Cc1cc(-c2ccc(NC(=O)COCCCCl)c(C)c2)ccc1N.